The zero-order chi connectivity index (χ0) is 13.1. The van der Waals surface area contributed by atoms with Crippen LogP contribution in [-0.4, -0.2) is 34.5 Å². The summed E-state index contributed by atoms with van der Waals surface area (Å²) < 4.78 is 2.37. The minimum Gasteiger partial charge on any atom is -0.341 e. The van der Waals surface area contributed by atoms with E-state index in [4.69, 9.17) is 5.73 Å². The summed E-state index contributed by atoms with van der Waals surface area (Å²) in [6.07, 6.45) is 2.90. The molecule has 1 aliphatic rings. The monoisotopic (exact) mass is 313 g/mol. The zero-order valence-electron chi connectivity index (χ0n) is 10.0. The SMILES string of the molecule is N[C@H]1CCN(C(=O)CCn2cc(Br)ccc2=O)C1. The van der Waals surface area contributed by atoms with Gasteiger partial charge in [0, 0.05) is 48.8 Å². The first-order valence-corrected chi connectivity index (χ1v) is 6.75. The molecule has 1 aromatic rings. The Morgan fingerprint density at radius 2 is 2.28 bits per heavy atom. The van der Waals surface area contributed by atoms with Crippen LogP contribution in [0.15, 0.2) is 27.6 Å². The number of rotatable bonds is 3. The Kier molecular flexibility index (Phi) is 4.19. The Bertz CT molecular complexity index is 500. The molecule has 0 spiro atoms. The molecule has 2 heterocycles. The molecule has 18 heavy (non-hydrogen) atoms. The molecular weight excluding hydrogens is 298 g/mol. The van der Waals surface area contributed by atoms with Crippen molar-refractivity contribution in [2.45, 2.75) is 25.4 Å². The van der Waals surface area contributed by atoms with E-state index in [-0.39, 0.29) is 17.5 Å². The number of nitrogens with zero attached hydrogens (tertiary/aromatic N) is 2. The van der Waals surface area contributed by atoms with Crippen LogP contribution < -0.4 is 11.3 Å². The fraction of sp³-hybridized carbons (Fsp3) is 0.500. The quantitative estimate of drug-likeness (QED) is 0.886. The fourth-order valence-electron chi connectivity index (χ4n) is 2.06. The second kappa shape index (κ2) is 5.67. The van der Waals surface area contributed by atoms with E-state index in [9.17, 15) is 9.59 Å². The van der Waals surface area contributed by atoms with Gasteiger partial charge in [0.25, 0.3) is 5.56 Å². The smallest absolute Gasteiger partial charge is 0.250 e. The van der Waals surface area contributed by atoms with Crippen molar-refractivity contribution >= 4 is 21.8 Å². The summed E-state index contributed by atoms with van der Waals surface area (Å²) in [6, 6.07) is 3.28. The molecule has 1 saturated heterocycles. The first kappa shape index (κ1) is 13.3. The largest absolute Gasteiger partial charge is 0.341 e. The van der Waals surface area contributed by atoms with Gasteiger partial charge >= 0.3 is 0 Å². The van der Waals surface area contributed by atoms with E-state index < -0.39 is 0 Å². The summed E-state index contributed by atoms with van der Waals surface area (Å²) in [6.45, 7) is 1.77. The molecule has 0 aromatic carbocycles. The predicted molar refractivity (Wildman–Crippen MR) is 72.2 cm³/mol. The number of halogens is 1. The molecular formula is C12H16BrN3O2. The predicted octanol–water partition coefficient (Wildman–Crippen LogP) is 0.560. The van der Waals surface area contributed by atoms with Gasteiger partial charge in [0.1, 0.15) is 0 Å². The maximum atomic E-state index is 11.9. The number of aromatic nitrogens is 1. The fourth-order valence-corrected chi connectivity index (χ4v) is 2.44. The van der Waals surface area contributed by atoms with Gasteiger partial charge in [-0.1, -0.05) is 0 Å². The molecule has 1 atom stereocenters. The van der Waals surface area contributed by atoms with Crippen molar-refractivity contribution in [3.05, 3.63) is 33.2 Å². The number of hydrogen-bond donors (Lipinski definition) is 1. The molecule has 5 nitrogen and oxygen atoms in total. The van der Waals surface area contributed by atoms with Crippen molar-refractivity contribution < 1.29 is 4.79 Å². The molecule has 0 bridgehead atoms. The van der Waals surface area contributed by atoms with Gasteiger partial charge in [-0.25, -0.2) is 0 Å². The lowest BCUT2D eigenvalue weighted by molar-refractivity contribution is -0.130. The maximum absolute atomic E-state index is 11.9. The Balaban J connectivity index is 1.93. The maximum Gasteiger partial charge on any atom is 0.250 e. The lowest BCUT2D eigenvalue weighted by Gasteiger charge is -2.16. The number of nitrogens with two attached hydrogens (primary N) is 1. The van der Waals surface area contributed by atoms with Gasteiger partial charge in [0.15, 0.2) is 0 Å². The number of likely N-dealkylation sites (tertiary alicyclic amines) is 1. The van der Waals surface area contributed by atoms with E-state index in [1.807, 2.05) is 0 Å². The van der Waals surface area contributed by atoms with E-state index in [0.717, 1.165) is 17.4 Å². The highest BCUT2D eigenvalue weighted by Gasteiger charge is 2.23. The second-order valence-corrected chi connectivity index (χ2v) is 5.43. The lowest BCUT2D eigenvalue weighted by atomic mass is 10.3. The summed E-state index contributed by atoms with van der Waals surface area (Å²) in [5.74, 6) is 0.0647. The van der Waals surface area contributed by atoms with E-state index in [1.165, 1.54) is 10.6 Å². The van der Waals surface area contributed by atoms with E-state index >= 15 is 0 Å². The van der Waals surface area contributed by atoms with Gasteiger partial charge in [-0.15, -0.1) is 0 Å². The van der Waals surface area contributed by atoms with Crippen LogP contribution >= 0.6 is 15.9 Å². The van der Waals surface area contributed by atoms with Gasteiger partial charge in [0.05, 0.1) is 0 Å². The van der Waals surface area contributed by atoms with Gasteiger partial charge in [-0.2, -0.15) is 0 Å². The molecule has 6 heteroatoms. The summed E-state index contributed by atoms with van der Waals surface area (Å²) in [7, 11) is 0. The second-order valence-electron chi connectivity index (χ2n) is 4.52. The van der Waals surface area contributed by atoms with Crippen LogP contribution in [0.2, 0.25) is 0 Å². The average molecular weight is 314 g/mol. The highest BCUT2D eigenvalue weighted by molar-refractivity contribution is 9.10. The van der Waals surface area contributed by atoms with Gasteiger partial charge in [-0.05, 0) is 28.4 Å². The minimum absolute atomic E-state index is 0.0647. The Morgan fingerprint density at radius 3 is 2.94 bits per heavy atom. The van der Waals surface area contributed by atoms with Crippen molar-refractivity contribution in [2.75, 3.05) is 13.1 Å². The Morgan fingerprint density at radius 1 is 1.50 bits per heavy atom. The van der Waals surface area contributed by atoms with Crippen molar-refractivity contribution in [3.8, 4) is 0 Å². The third-order valence-corrected chi connectivity index (χ3v) is 3.56. The van der Waals surface area contributed by atoms with Crippen molar-refractivity contribution in [2.24, 2.45) is 5.73 Å². The molecule has 0 unspecified atom stereocenters. The van der Waals surface area contributed by atoms with Crippen LogP contribution in [0, 0.1) is 0 Å². The van der Waals surface area contributed by atoms with Crippen LogP contribution in [0.5, 0.6) is 0 Å². The van der Waals surface area contributed by atoms with E-state index in [1.54, 1.807) is 17.2 Å². The number of carbonyl (C=O) groups excluding carboxylic acids is 1. The molecule has 2 N–H and O–H groups in total. The number of hydrogen-bond acceptors (Lipinski definition) is 3. The normalized spacial score (nSPS) is 19.2. The molecule has 1 amide bonds. The zero-order valence-corrected chi connectivity index (χ0v) is 11.6. The van der Waals surface area contributed by atoms with Gasteiger partial charge < -0.3 is 15.2 Å². The average Bonchev–Trinajstić information content (AvgIpc) is 2.77. The van der Waals surface area contributed by atoms with Crippen LogP contribution in [-0.2, 0) is 11.3 Å². The number of aryl methyl sites for hydroxylation is 1. The molecule has 1 aliphatic heterocycles. The molecule has 0 saturated carbocycles. The Hall–Kier alpha value is -1.14. The molecule has 1 fully saturated rings. The molecule has 98 valence electrons. The summed E-state index contributed by atoms with van der Waals surface area (Å²) in [5.41, 5.74) is 5.67. The van der Waals surface area contributed by atoms with Crippen molar-refractivity contribution in [3.63, 3.8) is 0 Å². The minimum atomic E-state index is -0.0934. The third-order valence-electron chi connectivity index (χ3n) is 3.09. The number of amides is 1. The van der Waals surface area contributed by atoms with Crippen LogP contribution in [0.1, 0.15) is 12.8 Å². The van der Waals surface area contributed by atoms with Crippen LogP contribution in [0.25, 0.3) is 0 Å². The number of pyridine rings is 1. The van der Waals surface area contributed by atoms with Crippen molar-refractivity contribution in [1.82, 2.24) is 9.47 Å². The van der Waals surface area contributed by atoms with E-state index in [2.05, 4.69) is 15.9 Å². The summed E-state index contributed by atoms with van der Waals surface area (Å²) >= 11 is 3.31. The van der Waals surface area contributed by atoms with Gasteiger partial charge in [0.2, 0.25) is 5.91 Å². The van der Waals surface area contributed by atoms with Gasteiger partial charge in [-0.3, -0.25) is 9.59 Å². The summed E-state index contributed by atoms with van der Waals surface area (Å²) in [4.78, 5) is 25.2. The first-order valence-electron chi connectivity index (χ1n) is 5.95. The standard InChI is InChI=1S/C12H16BrN3O2/c13-9-1-2-11(17)15(7-9)6-4-12(18)16-5-3-10(14)8-16/h1-2,7,10H,3-6,8,14H2/t10-/m0/s1. The molecule has 0 radical (unpaired) electrons. The highest BCUT2D eigenvalue weighted by atomic mass is 79.9. The molecule has 2 rings (SSSR count). The van der Waals surface area contributed by atoms with E-state index in [0.29, 0.717) is 19.5 Å². The summed E-state index contributed by atoms with van der Waals surface area (Å²) in [5, 5.41) is 0. The molecule has 1 aromatic heterocycles. The molecule has 0 aliphatic carbocycles. The third kappa shape index (κ3) is 3.20. The topological polar surface area (TPSA) is 68.3 Å². The van der Waals surface area contributed by atoms with Crippen LogP contribution in [0.4, 0.5) is 0 Å². The highest BCUT2D eigenvalue weighted by Crippen LogP contribution is 2.09. The Labute approximate surface area is 114 Å². The number of carbonyl (C=O) groups is 1. The van der Waals surface area contributed by atoms with Crippen molar-refractivity contribution in [1.29, 1.82) is 0 Å². The first-order chi connectivity index (χ1) is 8.56. The van der Waals surface area contributed by atoms with Crippen LogP contribution in [0.3, 0.4) is 0 Å². The lowest BCUT2D eigenvalue weighted by Crippen LogP contribution is -2.33.